The molecule has 4 rings (SSSR count). The second-order valence-corrected chi connectivity index (χ2v) is 7.67. The Hall–Kier alpha value is -2.21. The number of aromatic nitrogens is 1. The summed E-state index contributed by atoms with van der Waals surface area (Å²) in [4.78, 5) is 23.2. The molecule has 0 bridgehead atoms. The summed E-state index contributed by atoms with van der Waals surface area (Å²) in [6.07, 6.45) is 4.50. The molecule has 1 N–H and O–H groups in total. The predicted molar refractivity (Wildman–Crippen MR) is 99.9 cm³/mol. The number of ether oxygens (including phenoxy) is 1. The Bertz CT molecular complexity index is 772. The molecule has 6 nitrogen and oxygen atoms in total. The number of Topliss-reactive ketones (excluding diaryl/α,β-unsaturated/α-hetero) is 1. The first-order valence-electron chi connectivity index (χ1n) is 9.24. The lowest BCUT2D eigenvalue weighted by Crippen LogP contribution is -2.42. The molecule has 1 unspecified atom stereocenters. The van der Waals surface area contributed by atoms with E-state index in [1.54, 1.807) is 14.0 Å². The fraction of sp³-hybridized carbons (Fsp3) is 0.550. The molecule has 6 heteroatoms. The maximum Gasteiger partial charge on any atom is 0.213 e. The van der Waals surface area contributed by atoms with E-state index in [2.05, 4.69) is 9.88 Å². The van der Waals surface area contributed by atoms with Crippen molar-refractivity contribution in [2.75, 3.05) is 31.6 Å². The Morgan fingerprint density at radius 3 is 2.73 bits per heavy atom. The summed E-state index contributed by atoms with van der Waals surface area (Å²) >= 11 is 0. The first kappa shape index (κ1) is 17.2. The van der Waals surface area contributed by atoms with Crippen molar-refractivity contribution < 1.29 is 14.6 Å². The highest BCUT2D eigenvalue weighted by atomic mass is 16.5. The number of hydrogen-bond acceptors (Lipinski definition) is 6. The summed E-state index contributed by atoms with van der Waals surface area (Å²) in [6.45, 7) is 4.20. The fourth-order valence-electron chi connectivity index (χ4n) is 4.52. The number of carbonyl (C=O) groups excluding carboxylic acids is 1. The van der Waals surface area contributed by atoms with Crippen molar-refractivity contribution in [3.8, 4) is 5.88 Å². The van der Waals surface area contributed by atoms with E-state index in [0.717, 1.165) is 48.5 Å². The van der Waals surface area contributed by atoms with Crippen LogP contribution < -0.4 is 9.64 Å². The number of rotatable bonds is 3. The van der Waals surface area contributed by atoms with Gasteiger partial charge >= 0.3 is 0 Å². The molecule has 0 spiro atoms. The third-order valence-corrected chi connectivity index (χ3v) is 5.72. The van der Waals surface area contributed by atoms with Crippen LogP contribution in [0.1, 0.15) is 32.6 Å². The van der Waals surface area contributed by atoms with Crippen LogP contribution in [0.4, 0.5) is 5.69 Å². The first-order chi connectivity index (χ1) is 12.5. The molecule has 3 aliphatic rings. The summed E-state index contributed by atoms with van der Waals surface area (Å²) in [6, 6.07) is 3.92. The van der Waals surface area contributed by atoms with Crippen molar-refractivity contribution in [3.05, 3.63) is 29.5 Å². The number of methoxy groups -OCH3 is 1. The highest BCUT2D eigenvalue weighted by Gasteiger charge is 2.43. The van der Waals surface area contributed by atoms with Gasteiger partial charge in [-0.1, -0.05) is 0 Å². The number of ketones is 1. The van der Waals surface area contributed by atoms with Gasteiger partial charge in [0.25, 0.3) is 0 Å². The molecule has 0 aromatic carbocycles. The number of piperidine rings is 1. The van der Waals surface area contributed by atoms with Gasteiger partial charge in [0.05, 0.1) is 31.1 Å². The molecule has 26 heavy (non-hydrogen) atoms. The number of anilines is 1. The van der Waals surface area contributed by atoms with Gasteiger partial charge in [0.2, 0.25) is 5.88 Å². The summed E-state index contributed by atoms with van der Waals surface area (Å²) in [5, 5.41) is 10.8. The molecule has 0 amide bonds. The second-order valence-electron chi connectivity index (χ2n) is 7.67. The Balaban J connectivity index is 1.46. The molecule has 1 saturated heterocycles. The average Bonchev–Trinajstić information content (AvgIpc) is 3.06. The Morgan fingerprint density at radius 1 is 1.31 bits per heavy atom. The van der Waals surface area contributed by atoms with E-state index in [1.807, 2.05) is 18.3 Å². The quantitative estimate of drug-likeness (QED) is 0.899. The maximum atomic E-state index is 11.9. The van der Waals surface area contributed by atoms with Crippen molar-refractivity contribution in [1.82, 2.24) is 4.98 Å². The third-order valence-electron chi connectivity index (χ3n) is 5.72. The zero-order valence-corrected chi connectivity index (χ0v) is 15.4. The highest BCUT2D eigenvalue weighted by Crippen LogP contribution is 2.40. The number of nitrogens with zero attached hydrogens (tertiary/aromatic N) is 3. The fourth-order valence-corrected chi connectivity index (χ4v) is 4.52. The summed E-state index contributed by atoms with van der Waals surface area (Å²) in [7, 11) is 1.62. The molecular formula is C20H25N3O3. The molecule has 1 aromatic heterocycles. The molecular weight excluding hydrogens is 330 g/mol. The molecule has 0 saturated carbocycles. The topological polar surface area (TPSA) is 75.0 Å². The summed E-state index contributed by atoms with van der Waals surface area (Å²) in [5.74, 6) is 1.09. The minimum absolute atomic E-state index is 0.118. The first-order valence-corrected chi connectivity index (χ1v) is 9.24. The lowest BCUT2D eigenvalue weighted by Gasteiger charge is -2.37. The molecule has 1 aliphatic carbocycles. The van der Waals surface area contributed by atoms with Gasteiger partial charge in [-0.3, -0.25) is 9.79 Å². The zero-order chi connectivity index (χ0) is 18.3. The van der Waals surface area contributed by atoms with E-state index in [0.29, 0.717) is 24.8 Å². The van der Waals surface area contributed by atoms with Gasteiger partial charge in [0.15, 0.2) is 0 Å². The van der Waals surface area contributed by atoms with Gasteiger partial charge in [-0.25, -0.2) is 4.98 Å². The van der Waals surface area contributed by atoms with Crippen molar-refractivity contribution in [3.63, 3.8) is 0 Å². The van der Waals surface area contributed by atoms with Crippen LogP contribution in [0.5, 0.6) is 5.88 Å². The third kappa shape index (κ3) is 3.03. The van der Waals surface area contributed by atoms with Gasteiger partial charge in [0, 0.05) is 49.2 Å². The highest BCUT2D eigenvalue weighted by molar-refractivity contribution is 6.08. The lowest BCUT2D eigenvalue weighted by atomic mass is 9.74. The zero-order valence-electron chi connectivity index (χ0n) is 15.4. The largest absolute Gasteiger partial charge is 0.481 e. The van der Waals surface area contributed by atoms with Crippen LogP contribution in [0.25, 0.3) is 0 Å². The Morgan fingerprint density at radius 2 is 2.08 bits per heavy atom. The van der Waals surface area contributed by atoms with E-state index in [9.17, 15) is 9.90 Å². The second kappa shape index (κ2) is 6.50. The van der Waals surface area contributed by atoms with Gasteiger partial charge in [-0.05, 0) is 31.4 Å². The van der Waals surface area contributed by atoms with Crippen LogP contribution in [-0.4, -0.2) is 53.9 Å². The molecule has 0 radical (unpaired) electrons. The SMILES string of the molecule is COc1ccc(N2CCC(C3=NCC4=C3C(C)(O)CC(=O)C4)CC2)cn1. The monoisotopic (exact) mass is 355 g/mol. The van der Waals surface area contributed by atoms with Crippen LogP contribution in [0.2, 0.25) is 0 Å². The van der Waals surface area contributed by atoms with E-state index in [1.165, 1.54) is 0 Å². The van der Waals surface area contributed by atoms with E-state index < -0.39 is 5.60 Å². The predicted octanol–water partition coefficient (Wildman–Crippen LogP) is 2.17. The minimum Gasteiger partial charge on any atom is -0.481 e. The van der Waals surface area contributed by atoms with Crippen molar-refractivity contribution in [2.24, 2.45) is 10.9 Å². The van der Waals surface area contributed by atoms with Crippen LogP contribution in [0.15, 0.2) is 34.5 Å². The van der Waals surface area contributed by atoms with Crippen molar-refractivity contribution in [1.29, 1.82) is 0 Å². The lowest BCUT2D eigenvalue weighted by molar-refractivity contribution is -0.122. The summed E-state index contributed by atoms with van der Waals surface area (Å²) < 4.78 is 5.12. The molecule has 1 atom stereocenters. The van der Waals surface area contributed by atoms with Crippen LogP contribution in [-0.2, 0) is 4.79 Å². The number of aliphatic hydroxyl groups is 1. The number of hydrogen-bond donors (Lipinski definition) is 1. The molecule has 2 aliphatic heterocycles. The van der Waals surface area contributed by atoms with Crippen LogP contribution in [0, 0.1) is 5.92 Å². The van der Waals surface area contributed by atoms with Crippen LogP contribution in [0.3, 0.4) is 0 Å². The molecule has 3 heterocycles. The summed E-state index contributed by atoms with van der Waals surface area (Å²) in [5.41, 5.74) is 3.08. The maximum absolute atomic E-state index is 11.9. The van der Waals surface area contributed by atoms with Gasteiger partial charge in [-0.2, -0.15) is 0 Å². The minimum atomic E-state index is -1.06. The number of carbonyl (C=O) groups is 1. The van der Waals surface area contributed by atoms with Crippen LogP contribution >= 0.6 is 0 Å². The van der Waals surface area contributed by atoms with Gasteiger partial charge in [0.1, 0.15) is 5.78 Å². The Kier molecular flexibility index (Phi) is 4.31. The van der Waals surface area contributed by atoms with Gasteiger partial charge in [-0.15, -0.1) is 0 Å². The smallest absolute Gasteiger partial charge is 0.213 e. The average molecular weight is 355 g/mol. The van der Waals surface area contributed by atoms with Crippen molar-refractivity contribution >= 4 is 17.2 Å². The number of aliphatic imine (C=N–C) groups is 1. The Labute approximate surface area is 153 Å². The molecule has 138 valence electrons. The molecule has 1 fully saturated rings. The molecule has 1 aromatic rings. The van der Waals surface area contributed by atoms with E-state index >= 15 is 0 Å². The van der Waals surface area contributed by atoms with Crippen molar-refractivity contribution in [2.45, 2.75) is 38.2 Å². The standard InChI is InChI=1S/C20H25N3O3/c1-20(25)10-16(24)9-14-11-22-19(18(14)20)13-5-7-23(8-6-13)15-3-4-17(26-2)21-12-15/h3-4,12-13,25H,5-11H2,1-2H3. The van der Waals surface area contributed by atoms with Gasteiger partial charge < -0.3 is 14.7 Å². The normalized spacial score (nSPS) is 26.8. The van der Waals surface area contributed by atoms with E-state index in [-0.39, 0.29) is 12.2 Å². The number of pyridine rings is 1. The van der Waals surface area contributed by atoms with E-state index in [4.69, 9.17) is 9.73 Å².